The normalized spacial score (nSPS) is 18.9. The number of nitrogens with one attached hydrogen (secondary N) is 3. The van der Waals surface area contributed by atoms with E-state index in [0.29, 0.717) is 10.9 Å². The number of hydrogen-bond donors (Lipinski definition) is 4. The minimum atomic E-state index is -3.98. The predicted octanol–water partition coefficient (Wildman–Crippen LogP) is 7.06. The van der Waals surface area contributed by atoms with E-state index in [0.717, 1.165) is 44.5 Å². The maximum Gasteiger partial charge on any atom is 0.241 e. The first-order chi connectivity index (χ1) is 27.7. The molecule has 0 saturated carbocycles. The number of aromatic nitrogens is 3. The number of benzene rings is 5. The monoisotopic (exact) mass is 803 g/mol. The first kappa shape index (κ1) is 40.1. The Morgan fingerprint density at radius 2 is 1.56 bits per heavy atom. The van der Waals surface area contributed by atoms with Crippen molar-refractivity contribution in [3.8, 4) is 11.1 Å². The summed E-state index contributed by atoms with van der Waals surface area (Å²) in [7, 11) is -3.98. The minimum absolute atomic E-state index is 0.0169. The van der Waals surface area contributed by atoms with Crippen LogP contribution >= 0.6 is 11.8 Å². The SMILES string of the molecule is Cc1ccc(S(=O)(=O)N[C@H](Cc2ccccc2)C(=O)NCc2ccccc2-c2ccc([C@@H]3O[C@H](CSc4ncn[nH]4)[C@H](C)[C@H](c4ccc(CO)cc4)O3)cc2)cc1. The van der Waals surface area contributed by atoms with Crippen molar-refractivity contribution in [2.75, 3.05) is 5.75 Å². The van der Waals surface area contributed by atoms with E-state index in [-0.39, 0.29) is 42.6 Å². The van der Waals surface area contributed by atoms with Crippen LogP contribution in [0.2, 0.25) is 0 Å². The van der Waals surface area contributed by atoms with Crippen molar-refractivity contribution in [1.82, 2.24) is 25.2 Å². The molecule has 2 heterocycles. The highest BCUT2D eigenvalue weighted by Crippen LogP contribution is 2.43. The number of aryl methyl sites for hydroxylation is 1. The van der Waals surface area contributed by atoms with Gasteiger partial charge in [0.2, 0.25) is 15.9 Å². The Morgan fingerprint density at radius 1 is 0.860 bits per heavy atom. The van der Waals surface area contributed by atoms with Crippen molar-refractivity contribution in [2.45, 2.75) is 68.0 Å². The number of ether oxygens (including phenoxy) is 2. The van der Waals surface area contributed by atoms with Crippen LogP contribution in [0.1, 0.15) is 52.7 Å². The summed E-state index contributed by atoms with van der Waals surface area (Å²) in [5, 5.41) is 20.2. The van der Waals surface area contributed by atoms with Gasteiger partial charge in [-0.2, -0.15) is 9.82 Å². The largest absolute Gasteiger partial charge is 0.392 e. The van der Waals surface area contributed by atoms with Gasteiger partial charge in [-0.15, -0.1) is 0 Å². The molecular weight excluding hydrogens is 759 g/mol. The summed E-state index contributed by atoms with van der Waals surface area (Å²) in [5.74, 6) is 0.221. The number of carbonyl (C=O) groups is 1. The van der Waals surface area contributed by atoms with Gasteiger partial charge in [-0.3, -0.25) is 9.89 Å². The Labute approximate surface area is 337 Å². The predicted molar refractivity (Wildman–Crippen MR) is 219 cm³/mol. The van der Waals surface area contributed by atoms with Gasteiger partial charge in [0.05, 0.1) is 23.7 Å². The second-order valence-corrected chi connectivity index (χ2v) is 16.8. The van der Waals surface area contributed by atoms with Crippen LogP contribution in [0.4, 0.5) is 0 Å². The van der Waals surface area contributed by atoms with E-state index >= 15 is 0 Å². The van der Waals surface area contributed by atoms with Gasteiger partial charge in [0.1, 0.15) is 12.4 Å². The number of nitrogens with zero attached hydrogens (tertiary/aromatic N) is 2. The molecule has 57 heavy (non-hydrogen) atoms. The minimum Gasteiger partial charge on any atom is -0.392 e. The highest BCUT2D eigenvalue weighted by Gasteiger charge is 2.38. The molecule has 1 fully saturated rings. The number of aromatic amines is 1. The highest BCUT2D eigenvalue weighted by atomic mass is 32.2. The first-order valence-corrected chi connectivity index (χ1v) is 21.2. The molecule has 5 atom stereocenters. The third-order valence-corrected chi connectivity index (χ3v) is 12.5. The van der Waals surface area contributed by atoms with Gasteiger partial charge in [-0.1, -0.05) is 140 Å². The van der Waals surface area contributed by atoms with E-state index in [1.54, 1.807) is 23.9 Å². The maximum atomic E-state index is 13.8. The average Bonchev–Trinajstić information content (AvgIpc) is 3.77. The zero-order chi connectivity index (χ0) is 39.8. The molecule has 0 radical (unpaired) electrons. The van der Waals surface area contributed by atoms with Gasteiger partial charge in [-0.25, -0.2) is 13.4 Å². The lowest BCUT2D eigenvalue weighted by atomic mass is 9.91. The van der Waals surface area contributed by atoms with Crippen LogP contribution in [-0.4, -0.2) is 52.5 Å². The summed E-state index contributed by atoms with van der Waals surface area (Å²) in [6.07, 6.45) is 0.599. The number of H-pyrrole nitrogens is 1. The number of hydrogen-bond acceptors (Lipinski definition) is 9. The molecule has 0 bridgehead atoms. The fourth-order valence-electron chi connectivity index (χ4n) is 6.83. The second kappa shape index (κ2) is 18.4. The smallest absolute Gasteiger partial charge is 0.241 e. The third-order valence-electron chi connectivity index (χ3n) is 10.1. The van der Waals surface area contributed by atoms with Gasteiger partial charge in [0.15, 0.2) is 11.4 Å². The van der Waals surface area contributed by atoms with E-state index < -0.39 is 28.3 Å². The van der Waals surface area contributed by atoms with Crippen LogP contribution in [0.5, 0.6) is 0 Å². The molecule has 11 nitrogen and oxygen atoms in total. The van der Waals surface area contributed by atoms with Gasteiger partial charge in [0, 0.05) is 23.8 Å². The van der Waals surface area contributed by atoms with Crippen molar-refractivity contribution in [2.24, 2.45) is 5.92 Å². The van der Waals surface area contributed by atoms with Crippen molar-refractivity contribution >= 4 is 27.7 Å². The molecular formula is C44H45N5O6S2. The Morgan fingerprint density at radius 3 is 2.26 bits per heavy atom. The lowest BCUT2D eigenvalue weighted by Crippen LogP contribution is -2.47. The molecule has 7 rings (SSSR count). The number of amides is 1. The zero-order valence-corrected chi connectivity index (χ0v) is 33.2. The summed E-state index contributed by atoms with van der Waals surface area (Å²) in [5.41, 5.74) is 7.18. The molecule has 1 aliphatic rings. The third kappa shape index (κ3) is 10.1. The van der Waals surface area contributed by atoms with E-state index in [4.69, 9.17) is 9.47 Å². The molecule has 13 heteroatoms. The quantitative estimate of drug-likeness (QED) is 0.0799. The Kier molecular flexibility index (Phi) is 12.9. The van der Waals surface area contributed by atoms with Crippen molar-refractivity contribution < 1.29 is 27.8 Å². The topological polar surface area (TPSA) is 156 Å². The molecule has 0 unspecified atom stereocenters. The fraction of sp³-hybridized carbons (Fsp3) is 0.250. The van der Waals surface area contributed by atoms with E-state index in [2.05, 4.69) is 32.1 Å². The molecule has 6 aromatic rings. The van der Waals surface area contributed by atoms with E-state index in [9.17, 15) is 18.3 Å². The van der Waals surface area contributed by atoms with Crippen molar-refractivity contribution in [1.29, 1.82) is 0 Å². The fourth-order valence-corrected chi connectivity index (χ4v) is 8.97. The molecule has 0 spiro atoms. The second-order valence-electron chi connectivity index (χ2n) is 14.1. The lowest BCUT2D eigenvalue weighted by Gasteiger charge is -2.41. The van der Waals surface area contributed by atoms with E-state index in [1.165, 1.54) is 18.5 Å². The van der Waals surface area contributed by atoms with Crippen molar-refractivity contribution in [3.05, 3.63) is 167 Å². The number of thioether (sulfide) groups is 1. The highest BCUT2D eigenvalue weighted by molar-refractivity contribution is 7.99. The average molecular weight is 804 g/mol. The number of sulfonamides is 1. The van der Waals surface area contributed by atoms with Crippen LogP contribution in [-0.2, 0) is 43.9 Å². The number of rotatable bonds is 15. The van der Waals surface area contributed by atoms with Crippen LogP contribution in [0.15, 0.2) is 144 Å². The van der Waals surface area contributed by atoms with Gasteiger partial charge < -0.3 is 19.9 Å². The van der Waals surface area contributed by atoms with Crippen LogP contribution in [0, 0.1) is 12.8 Å². The summed E-state index contributed by atoms with van der Waals surface area (Å²) in [6, 6.07) is 38.5. The molecule has 0 aliphatic carbocycles. The zero-order valence-electron chi connectivity index (χ0n) is 31.6. The summed E-state index contributed by atoms with van der Waals surface area (Å²) in [4.78, 5) is 18.1. The first-order valence-electron chi connectivity index (χ1n) is 18.7. The molecule has 1 saturated heterocycles. The van der Waals surface area contributed by atoms with Crippen LogP contribution < -0.4 is 10.0 Å². The summed E-state index contributed by atoms with van der Waals surface area (Å²) in [6.45, 7) is 4.16. The van der Waals surface area contributed by atoms with Gasteiger partial charge >= 0.3 is 0 Å². The number of aliphatic hydroxyl groups is 1. The Balaban J connectivity index is 1.08. The molecule has 1 amide bonds. The molecule has 1 aromatic heterocycles. The summed E-state index contributed by atoms with van der Waals surface area (Å²) < 4.78 is 42.7. The van der Waals surface area contributed by atoms with E-state index in [1.807, 2.05) is 110 Å². The molecule has 294 valence electrons. The van der Waals surface area contributed by atoms with Crippen LogP contribution in [0.3, 0.4) is 0 Å². The molecule has 1 aliphatic heterocycles. The maximum absolute atomic E-state index is 13.8. The number of carbonyl (C=O) groups excluding carboxylic acids is 1. The van der Waals surface area contributed by atoms with Crippen molar-refractivity contribution in [3.63, 3.8) is 0 Å². The van der Waals surface area contributed by atoms with Gasteiger partial charge in [0.25, 0.3) is 0 Å². The van der Waals surface area contributed by atoms with Gasteiger partial charge in [-0.05, 0) is 58.9 Å². The Hall–Kier alpha value is -5.15. The lowest BCUT2D eigenvalue weighted by molar-refractivity contribution is -0.268. The molecule has 4 N–H and O–H groups in total. The Bertz CT molecular complexity index is 2330. The van der Waals surface area contributed by atoms with Crippen LogP contribution in [0.25, 0.3) is 11.1 Å². The number of aliphatic hydroxyl groups excluding tert-OH is 1. The standard InChI is InChI=1S/C44H45N5O6S2/c1-29-12-22-37(23-13-29)57(52,53)49-39(24-31-8-4-3-5-9-31)42(51)45-25-36-10-6-7-11-38(36)33-18-20-35(21-19-33)43-54-40(27-56-44-46-28-47-48-44)30(2)41(55-43)34-16-14-32(26-50)15-17-34/h3-23,28,30,39-41,43,49-50H,24-27H2,1-2H3,(H,45,51)(H,46,47,48)/t30-,39+,40+,41+,43+/m0/s1. The summed E-state index contributed by atoms with van der Waals surface area (Å²) >= 11 is 1.54. The molecule has 5 aromatic carbocycles.